The van der Waals surface area contributed by atoms with Gasteiger partial charge in [0.1, 0.15) is 5.78 Å². The summed E-state index contributed by atoms with van der Waals surface area (Å²) in [5.41, 5.74) is 2.86. The number of piperidine rings is 1. The summed E-state index contributed by atoms with van der Waals surface area (Å²) in [5.74, 6) is -0.0721. The molecule has 0 aliphatic carbocycles. The summed E-state index contributed by atoms with van der Waals surface area (Å²) >= 11 is 0. The summed E-state index contributed by atoms with van der Waals surface area (Å²) in [6.07, 6.45) is 3.85. The average Bonchev–Trinajstić information content (AvgIpc) is 3.42. The molecule has 0 bridgehead atoms. The van der Waals surface area contributed by atoms with E-state index < -0.39 is 0 Å². The molecule has 0 radical (unpaired) electrons. The summed E-state index contributed by atoms with van der Waals surface area (Å²) in [6.45, 7) is 1.58. The third-order valence-electron chi connectivity index (χ3n) is 7.00. The Balaban J connectivity index is 1.16. The molecule has 2 fully saturated rings. The number of carbonyl (C=O) groups excluding carboxylic acids is 3. The first-order chi connectivity index (χ1) is 16.0. The molecular formula is C26H28N4O3. The number of nitrogens with zero attached hydrogens (tertiary/aromatic N) is 4. The Kier molecular flexibility index (Phi) is 5.70. The van der Waals surface area contributed by atoms with Crippen LogP contribution >= 0.6 is 0 Å². The number of Topliss-reactive ketones (excluding diaryl/α,β-unsaturated/α-hetero) is 1. The number of rotatable bonds is 5. The van der Waals surface area contributed by atoms with E-state index in [1.807, 2.05) is 71.4 Å². The van der Waals surface area contributed by atoms with Gasteiger partial charge in [-0.05, 0) is 36.6 Å². The Morgan fingerprint density at radius 2 is 1.79 bits per heavy atom. The molecule has 3 aromatic rings. The number of hydrogen-bond acceptors (Lipinski definition) is 4. The Bertz CT molecular complexity index is 1190. The van der Waals surface area contributed by atoms with Crippen LogP contribution in [0.25, 0.3) is 10.9 Å². The van der Waals surface area contributed by atoms with Gasteiger partial charge in [0.15, 0.2) is 0 Å². The van der Waals surface area contributed by atoms with E-state index in [1.54, 1.807) is 4.90 Å². The lowest BCUT2D eigenvalue weighted by atomic mass is 9.88. The van der Waals surface area contributed by atoms with Gasteiger partial charge in [-0.1, -0.05) is 30.3 Å². The molecule has 2 aliphatic rings. The van der Waals surface area contributed by atoms with Crippen molar-refractivity contribution >= 4 is 34.2 Å². The largest absolute Gasteiger partial charge is 0.342 e. The predicted octanol–water partition coefficient (Wildman–Crippen LogP) is 2.98. The lowest BCUT2D eigenvalue weighted by Crippen LogP contribution is -2.44. The zero-order valence-electron chi connectivity index (χ0n) is 18.8. The number of para-hydroxylation sites is 1. The number of benzene rings is 2. The topological polar surface area (TPSA) is 75.5 Å². The van der Waals surface area contributed by atoms with Crippen molar-refractivity contribution in [1.29, 1.82) is 0 Å². The van der Waals surface area contributed by atoms with Crippen molar-refractivity contribution in [3.8, 4) is 0 Å². The number of carbonyl (C=O) groups is 3. The van der Waals surface area contributed by atoms with Crippen molar-refractivity contribution in [2.45, 2.75) is 25.7 Å². The SMILES string of the molecule is Cn1ncc2ccc(CC(=O)C3CCN(C(=O)C4CC(=O)N(c5ccccc5)C4)CC3)cc21. The van der Waals surface area contributed by atoms with Gasteiger partial charge in [0.25, 0.3) is 0 Å². The lowest BCUT2D eigenvalue weighted by molar-refractivity contribution is -0.138. The van der Waals surface area contributed by atoms with Crippen molar-refractivity contribution in [2.75, 3.05) is 24.5 Å². The highest BCUT2D eigenvalue weighted by atomic mass is 16.2. The molecule has 5 rings (SSSR count). The van der Waals surface area contributed by atoms with Gasteiger partial charge in [-0.15, -0.1) is 0 Å². The molecule has 7 nitrogen and oxygen atoms in total. The first-order valence-corrected chi connectivity index (χ1v) is 11.6. The number of amides is 2. The van der Waals surface area contributed by atoms with Gasteiger partial charge in [-0.25, -0.2) is 0 Å². The Morgan fingerprint density at radius 3 is 2.55 bits per heavy atom. The van der Waals surface area contributed by atoms with E-state index in [0.29, 0.717) is 38.9 Å². The van der Waals surface area contributed by atoms with E-state index in [4.69, 9.17) is 0 Å². The van der Waals surface area contributed by atoms with Crippen LogP contribution in [0.4, 0.5) is 5.69 Å². The van der Waals surface area contributed by atoms with Gasteiger partial charge in [0.2, 0.25) is 11.8 Å². The Labute approximate surface area is 193 Å². The highest BCUT2D eigenvalue weighted by Crippen LogP contribution is 2.28. The van der Waals surface area contributed by atoms with Crippen LogP contribution in [0.2, 0.25) is 0 Å². The van der Waals surface area contributed by atoms with Gasteiger partial charge < -0.3 is 9.80 Å². The molecule has 2 aliphatic heterocycles. The summed E-state index contributed by atoms with van der Waals surface area (Å²) in [5, 5.41) is 5.33. The van der Waals surface area contributed by atoms with Crippen LogP contribution in [0.15, 0.2) is 54.7 Å². The number of hydrogen-bond donors (Lipinski definition) is 0. The van der Waals surface area contributed by atoms with E-state index in [1.165, 1.54) is 0 Å². The monoisotopic (exact) mass is 444 g/mol. The molecule has 0 saturated carbocycles. The molecule has 2 saturated heterocycles. The Hall–Kier alpha value is -3.48. The fraction of sp³-hybridized carbons (Fsp3) is 0.385. The van der Waals surface area contributed by atoms with E-state index in [2.05, 4.69) is 5.10 Å². The second-order valence-corrected chi connectivity index (χ2v) is 9.14. The number of anilines is 1. The van der Waals surface area contributed by atoms with Gasteiger partial charge in [0, 0.05) is 56.5 Å². The minimum atomic E-state index is -0.310. The molecule has 2 amide bonds. The number of aromatic nitrogens is 2. The van der Waals surface area contributed by atoms with E-state index in [0.717, 1.165) is 22.2 Å². The number of fused-ring (bicyclic) bond motifs is 1. The smallest absolute Gasteiger partial charge is 0.228 e. The number of ketones is 1. The van der Waals surface area contributed by atoms with Crippen LogP contribution in [0, 0.1) is 11.8 Å². The second-order valence-electron chi connectivity index (χ2n) is 9.14. The maximum atomic E-state index is 13.1. The molecule has 1 unspecified atom stereocenters. The molecule has 0 N–H and O–H groups in total. The van der Waals surface area contributed by atoms with Crippen molar-refractivity contribution in [3.05, 3.63) is 60.3 Å². The standard InChI is InChI=1S/C26H28N4O3/c1-28-23-13-18(7-8-20(23)16-27-28)14-24(31)19-9-11-29(12-10-19)26(33)21-15-25(32)30(17-21)22-5-3-2-4-6-22/h2-8,13,16,19,21H,9-12,14-15,17H2,1H3. The lowest BCUT2D eigenvalue weighted by Gasteiger charge is -2.33. The normalized spacial score (nSPS) is 19.4. The van der Waals surface area contributed by atoms with Crippen LogP contribution in [0.1, 0.15) is 24.8 Å². The van der Waals surface area contributed by atoms with Crippen molar-refractivity contribution in [1.82, 2.24) is 14.7 Å². The maximum absolute atomic E-state index is 13.1. The van der Waals surface area contributed by atoms with Crippen LogP contribution in [0.3, 0.4) is 0 Å². The summed E-state index contributed by atoms with van der Waals surface area (Å²) in [4.78, 5) is 42.0. The van der Waals surface area contributed by atoms with Gasteiger partial charge in [-0.3, -0.25) is 19.1 Å². The third-order valence-corrected chi connectivity index (χ3v) is 7.00. The first-order valence-electron chi connectivity index (χ1n) is 11.6. The average molecular weight is 445 g/mol. The molecule has 3 heterocycles. The van der Waals surface area contributed by atoms with Crippen molar-refractivity contribution < 1.29 is 14.4 Å². The van der Waals surface area contributed by atoms with E-state index >= 15 is 0 Å². The highest BCUT2D eigenvalue weighted by molar-refractivity contribution is 6.00. The molecule has 33 heavy (non-hydrogen) atoms. The molecular weight excluding hydrogens is 416 g/mol. The highest BCUT2D eigenvalue weighted by Gasteiger charge is 2.38. The van der Waals surface area contributed by atoms with Crippen LogP contribution in [-0.4, -0.2) is 51.9 Å². The summed E-state index contributed by atoms with van der Waals surface area (Å²) in [6, 6.07) is 15.5. The maximum Gasteiger partial charge on any atom is 0.228 e. The summed E-state index contributed by atoms with van der Waals surface area (Å²) < 4.78 is 1.82. The zero-order chi connectivity index (χ0) is 22.9. The van der Waals surface area contributed by atoms with Crippen LogP contribution < -0.4 is 4.90 Å². The molecule has 1 atom stereocenters. The van der Waals surface area contributed by atoms with Gasteiger partial charge in [0.05, 0.1) is 17.6 Å². The predicted molar refractivity (Wildman–Crippen MR) is 126 cm³/mol. The second kappa shape index (κ2) is 8.81. The number of aryl methyl sites for hydroxylation is 1. The van der Waals surface area contributed by atoms with E-state index in [9.17, 15) is 14.4 Å². The summed E-state index contributed by atoms with van der Waals surface area (Å²) in [7, 11) is 1.90. The molecule has 170 valence electrons. The minimum absolute atomic E-state index is 0.00462. The quantitative estimate of drug-likeness (QED) is 0.606. The van der Waals surface area contributed by atoms with Gasteiger partial charge >= 0.3 is 0 Å². The fourth-order valence-electron chi connectivity index (χ4n) is 5.06. The molecule has 1 aromatic heterocycles. The van der Waals surface area contributed by atoms with Crippen LogP contribution in [-0.2, 0) is 27.9 Å². The number of likely N-dealkylation sites (tertiary alicyclic amines) is 1. The van der Waals surface area contributed by atoms with Crippen molar-refractivity contribution in [3.63, 3.8) is 0 Å². The van der Waals surface area contributed by atoms with E-state index in [-0.39, 0.29) is 35.9 Å². The molecule has 2 aromatic carbocycles. The first kappa shape index (κ1) is 21.4. The minimum Gasteiger partial charge on any atom is -0.342 e. The van der Waals surface area contributed by atoms with Crippen LogP contribution in [0.5, 0.6) is 0 Å². The third kappa shape index (κ3) is 4.27. The fourth-order valence-corrected chi connectivity index (χ4v) is 5.06. The van der Waals surface area contributed by atoms with Crippen molar-refractivity contribution in [2.24, 2.45) is 18.9 Å². The molecule has 0 spiro atoms. The Morgan fingerprint density at radius 1 is 1.03 bits per heavy atom. The van der Waals surface area contributed by atoms with Gasteiger partial charge in [-0.2, -0.15) is 5.10 Å². The zero-order valence-corrected chi connectivity index (χ0v) is 18.8. The molecule has 7 heteroatoms.